The molecule has 0 N–H and O–H groups in total. The van der Waals surface area contributed by atoms with Gasteiger partial charge in [-0.15, -0.1) is 5.10 Å². The van der Waals surface area contributed by atoms with Crippen LogP contribution in [0.25, 0.3) is 0 Å². The van der Waals surface area contributed by atoms with Crippen molar-refractivity contribution in [1.29, 1.82) is 0 Å². The Kier molecular flexibility index (Phi) is 2.83. The minimum absolute atomic E-state index is 0.0542. The van der Waals surface area contributed by atoms with Gasteiger partial charge in [0.05, 0.1) is 23.4 Å². The van der Waals surface area contributed by atoms with Crippen LogP contribution in [-0.2, 0) is 4.74 Å². The maximum Gasteiger partial charge on any atom is 0.360 e. The van der Waals surface area contributed by atoms with E-state index in [0.717, 1.165) is 0 Å². The van der Waals surface area contributed by atoms with Gasteiger partial charge in [0.25, 0.3) is 0 Å². The summed E-state index contributed by atoms with van der Waals surface area (Å²) in [6.07, 6.45) is 1.25. The molecule has 0 aliphatic heterocycles. The van der Waals surface area contributed by atoms with Crippen molar-refractivity contribution in [2.75, 3.05) is 7.11 Å². The highest BCUT2D eigenvalue weighted by atomic mass is 35.5. The van der Waals surface area contributed by atoms with E-state index in [0.29, 0.717) is 0 Å². The van der Waals surface area contributed by atoms with E-state index in [-0.39, 0.29) is 15.7 Å². The third-order valence-electron chi connectivity index (χ3n) is 1.13. The molecular weight excluding hydrogens is 203 g/mol. The smallest absolute Gasteiger partial charge is 0.360 e. The molecule has 0 fully saturated rings. The Morgan fingerprint density at radius 2 is 2.25 bits per heavy atom. The SMILES string of the molecule is COC(=O)c1nncc(Cl)c1Cl. The van der Waals surface area contributed by atoms with Crippen LogP contribution in [0.4, 0.5) is 0 Å². The van der Waals surface area contributed by atoms with Gasteiger partial charge in [0.15, 0.2) is 5.69 Å². The van der Waals surface area contributed by atoms with Crippen LogP contribution in [0.2, 0.25) is 10.0 Å². The van der Waals surface area contributed by atoms with Gasteiger partial charge in [-0.2, -0.15) is 5.10 Å². The van der Waals surface area contributed by atoms with Crippen LogP contribution in [-0.4, -0.2) is 23.3 Å². The summed E-state index contributed by atoms with van der Waals surface area (Å²) < 4.78 is 4.39. The maximum absolute atomic E-state index is 10.9. The minimum Gasteiger partial charge on any atom is -0.464 e. The van der Waals surface area contributed by atoms with Crippen molar-refractivity contribution in [2.24, 2.45) is 0 Å². The molecule has 4 nitrogen and oxygen atoms in total. The first-order valence-corrected chi connectivity index (χ1v) is 3.67. The van der Waals surface area contributed by atoms with E-state index in [9.17, 15) is 4.79 Å². The lowest BCUT2D eigenvalue weighted by Gasteiger charge is -1.99. The Balaban J connectivity index is 3.16. The number of esters is 1. The third-order valence-corrected chi connectivity index (χ3v) is 1.89. The number of methoxy groups -OCH3 is 1. The topological polar surface area (TPSA) is 52.1 Å². The molecule has 0 aliphatic rings. The van der Waals surface area contributed by atoms with Gasteiger partial charge in [0.1, 0.15) is 0 Å². The van der Waals surface area contributed by atoms with E-state index >= 15 is 0 Å². The highest BCUT2D eigenvalue weighted by molar-refractivity contribution is 6.43. The molecular formula is C6H4Cl2N2O2. The number of hydrogen-bond acceptors (Lipinski definition) is 4. The zero-order valence-corrected chi connectivity index (χ0v) is 7.56. The van der Waals surface area contributed by atoms with E-state index < -0.39 is 5.97 Å². The van der Waals surface area contributed by atoms with E-state index in [1.54, 1.807) is 0 Å². The molecule has 0 saturated heterocycles. The van der Waals surface area contributed by atoms with E-state index in [1.807, 2.05) is 0 Å². The highest BCUT2D eigenvalue weighted by Gasteiger charge is 2.15. The van der Waals surface area contributed by atoms with Gasteiger partial charge in [0, 0.05) is 0 Å². The first kappa shape index (κ1) is 9.22. The molecule has 0 saturated carbocycles. The van der Waals surface area contributed by atoms with Crippen molar-refractivity contribution >= 4 is 29.2 Å². The summed E-state index contributed by atoms with van der Waals surface area (Å²) in [6.45, 7) is 0. The summed E-state index contributed by atoms with van der Waals surface area (Å²) in [5.74, 6) is -0.657. The first-order valence-electron chi connectivity index (χ1n) is 2.91. The van der Waals surface area contributed by atoms with Crippen LogP contribution in [0, 0.1) is 0 Å². The summed E-state index contributed by atoms with van der Waals surface area (Å²) in [4.78, 5) is 10.9. The van der Waals surface area contributed by atoms with Gasteiger partial charge in [-0.3, -0.25) is 0 Å². The Bertz CT molecular complexity index is 316. The number of aromatic nitrogens is 2. The number of rotatable bonds is 1. The van der Waals surface area contributed by atoms with Gasteiger partial charge in [-0.25, -0.2) is 4.79 Å². The fraction of sp³-hybridized carbons (Fsp3) is 0.167. The summed E-state index contributed by atoms with van der Waals surface area (Å²) in [5, 5.41) is 7.14. The Hall–Kier alpha value is -0.870. The van der Waals surface area contributed by atoms with Gasteiger partial charge in [-0.1, -0.05) is 23.2 Å². The number of ether oxygens (including phenoxy) is 1. The molecule has 1 aromatic rings. The van der Waals surface area contributed by atoms with Gasteiger partial charge in [0.2, 0.25) is 0 Å². The molecule has 0 amide bonds. The molecule has 0 spiro atoms. The quantitative estimate of drug-likeness (QED) is 0.655. The predicted octanol–water partition coefficient (Wildman–Crippen LogP) is 1.57. The summed E-state index contributed by atoms with van der Waals surface area (Å²) in [5.41, 5.74) is -0.0772. The van der Waals surface area contributed by atoms with E-state index in [2.05, 4.69) is 14.9 Å². The number of halogens is 2. The van der Waals surface area contributed by atoms with Crippen LogP contribution in [0.5, 0.6) is 0 Å². The number of nitrogens with zero attached hydrogens (tertiary/aromatic N) is 2. The lowest BCUT2D eigenvalue weighted by Crippen LogP contribution is -2.06. The number of hydrogen-bond donors (Lipinski definition) is 0. The van der Waals surface area contributed by atoms with Crippen molar-refractivity contribution in [3.05, 3.63) is 21.9 Å². The number of carbonyl (C=O) groups is 1. The number of carbonyl (C=O) groups excluding carboxylic acids is 1. The Morgan fingerprint density at radius 3 is 2.83 bits per heavy atom. The third kappa shape index (κ3) is 1.65. The summed E-state index contributed by atoms with van der Waals surface area (Å²) in [7, 11) is 1.22. The molecule has 0 unspecified atom stereocenters. The molecule has 64 valence electrons. The highest BCUT2D eigenvalue weighted by Crippen LogP contribution is 2.22. The average molecular weight is 207 g/mol. The summed E-state index contributed by atoms with van der Waals surface area (Å²) in [6, 6.07) is 0. The second-order valence-electron chi connectivity index (χ2n) is 1.85. The van der Waals surface area contributed by atoms with Crippen molar-refractivity contribution in [3.63, 3.8) is 0 Å². The average Bonchev–Trinajstić information content (AvgIpc) is 2.08. The van der Waals surface area contributed by atoms with Crippen molar-refractivity contribution in [2.45, 2.75) is 0 Å². The first-order chi connectivity index (χ1) is 5.66. The van der Waals surface area contributed by atoms with Crippen LogP contribution >= 0.6 is 23.2 Å². The molecule has 1 rings (SSSR count). The molecule has 0 aromatic carbocycles. The molecule has 1 heterocycles. The monoisotopic (exact) mass is 206 g/mol. The van der Waals surface area contributed by atoms with Gasteiger partial charge in [-0.05, 0) is 0 Å². The zero-order valence-electron chi connectivity index (χ0n) is 6.04. The van der Waals surface area contributed by atoms with Gasteiger partial charge < -0.3 is 4.74 Å². The Morgan fingerprint density at radius 1 is 1.58 bits per heavy atom. The van der Waals surface area contributed by atoms with Gasteiger partial charge >= 0.3 is 5.97 Å². The molecule has 1 aromatic heterocycles. The normalized spacial score (nSPS) is 9.58. The molecule has 0 aliphatic carbocycles. The fourth-order valence-corrected chi connectivity index (χ4v) is 0.875. The molecule has 6 heteroatoms. The lowest BCUT2D eigenvalue weighted by molar-refractivity contribution is 0.0593. The predicted molar refractivity (Wildman–Crippen MR) is 43.4 cm³/mol. The van der Waals surface area contributed by atoms with E-state index in [1.165, 1.54) is 13.3 Å². The van der Waals surface area contributed by atoms with Crippen LogP contribution in [0.15, 0.2) is 6.20 Å². The zero-order chi connectivity index (χ0) is 9.14. The largest absolute Gasteiger partial charge is 0.464 e. The molecule has 0 bridgehead atoms. The van der Waals surface area contributed by atoms with Crippen molar-refractivity contribution < 1.29 is 9.53 Å². The van der Waals surface area contributed by atoms with Crippen LogP contribution < -0.4 is 0 Å². The van der Waals surface area contributed by atoms with Crippen molar-refractivity contribution in [3.8, 4) is 0 Å². The molecule has 0 radical (unpaired) electrons. The lowest BCUT2D eigenvalue weighted by atomic mass is 10.4. The van der Waals surface area contributed by atoms with Crippen molar-refractivity contribution in [1.82, 2.24) is 10.2 Å². The van der Waals surface area contributed by atoms with E-state index in [4.69, 9.17) is 23.2 Å². The summed E-state index contributed by atoms with van der Waals surface area (Å²) >= 11 is 11.2. The molecule has 0 atom stereocenters. The maximum atomic E-state index is 10.9. The minimum atomic E-state index is -0.657. The van der Waals surface area contributed by atoms with Crippen LogP contribution in [0.3, 0.4) is 0 Å². The second-order valence-corrected chi connectivity index (χ2v) is 2.63. The Labute approximate surface area is 78.5 Å². The van der Waals surface area contributed by atoms with Crippen LogP contribution in [0.1, 0.15) is 10.5 Å². The molecule has 12 heavy (non-hydrogen) atoms. The second kappa shape index (κ2) is 3.69. The standard InChI is InChI=1S/C6H4Cl2N2O2/c1-12-6(11)5-4(8)3(7)2-9-10-5/h2H,1H3. The fourth-order valence-electron chi connectivity index (χ4n) is 0.578.